The van der Waals surface area contributed by atoms with E-state index in [1.807, 2.05) is 38.1 Å². The van der Waals surface area contributed by atoms with E-state index in [-0.39, 0.29) is 23.2 Å². The number of rotatable bonds is 6. The van der Waals surface area contributed by atoms with Gasteiger partial charge in [0.05, 0.1) is 0 Å². The maximum Gasteiger partial charge on any atom is 0.274 e. The highest BCUT2D eigenvalue weighted by molar-refractivity contribution is 6.03. The molecule has 1 aromatic heterocycles. The number of aromatic nitrogens is 1. The molecule has 2 amide bonds. The number of pyridine rings is 1. The smallest absolute Gasteiger partial charge is 0.274 e. The Kier molecular flexibility index (Phi) is 6.86. The van der Waals surface area contributed by atoms with Crippen molar-refractivity contribution in [2.24, 2.45) is 11.8 Å². The van der Waals surface area contributed by atoms with E-state index >= 15 is 0 Å². The third-order valence-corrected chi connectivity index (χ3v) is 5.16. The van der Waals surface area contributed by atoms with Gasteiger partial charge < -0.3 is 15.5 Å². The summed E-state index contributed by atoms with van der Waals surface area (Å²) >= 11 is 0. The molecule has 6 heteroatoms. The Labute approximate surface area is 172 Å². The summed E-state index contributed by atoms with van der Waals surface area (Å²) in [7, 11) is 0. The second-order valence-electron chi connectivity index (χ2n) is 8.18. The molecule has 1 saturated heterocycles. The number of hydrogen-bond acceptors (Lipinski definition) is 4. The highest BCUT2D eigenvalue weighted by atomic mass is 16.2. The van der Waals surface area contributed by atoms with Gasteiger partial charge in [-0.2, -0.15) is 0 Å². The van der Waals surface area contributed by atoms with Crippen LogP contribution in [0, 0.1) is 11.8 Å². The van der Waals surface area contributed by atoms with Gasteiger partial charge in [0, 0.05) is 31.0 Å². The van der Waals surface area contributed by atoms with Gasteiger partial charge in [-0.3, -0.25) is 9.59 Å². The number of anilines is 2. The van der Waals surface area contributed by atoms with Crippen molar-refractivity contribution in [1.29, 1.82) is 0 Å². The standard InChI is InChI=1S/C23H30N4O2/c1-16(2)15-24-22(28)20-5-4-6-21(26-20)23(29)25-18-7-9-19(10-8-18)27-13-11-17(3)12-14-27/h4-10,16-17H,11-15H2,1-3H3,(H,24,28)(H,25,29). The van der Waals surface area contributed by atoms with Crippen LogP contribution in [0.5, 0.6) is 0 Å². The average Bonchev–Trinajstić information content (AvgIpc) is 2.73. The molecule has 1 aliphatic rings. The lowest BCUT2D eigenvalue weighted by molar-refractivity contribution is 0.0944. The second-order valence-corrected chi connectivity index (χ2v) is 8.18. The van der Waals surface area contributed by atoms with Crippen LogP contribution in [0.3, 0.4) is 0 Å². The van der Waals surface area contributed by atoms with Crippen LogP contribution in [0.1, 0.15) is 54.6 Å². The van der Waals surface area contributed by atoms with E-state index in [2.05, 4.69) is 27.4 Å². The number of nitrogens with zero attached hydrogens (tertiary/aromatic N) is 2. The lowest BCUT2D eigenvalue weighted by Crippen LogP contribution is -2.32. The summed E-state index contributed by atoms with van der Waals surface area (Å²) in [5.74, 6) is 0.541. The van der Waals surface area contributed by atoms with Crippen molar-refractivity contribution in [3.8, 4) is 0 Å². The van der Waals surface area contributed by atoms with Gasteiger partial charge in [-0.25, -0.2) is 4.98 Å². The molecule has 2 heterocycles. The number of benzene rings is 1. The van der Waals surface area contributed by atoms with Crippen LogP contribution in [0.4, 0.5) is 11.4 Å². The molecule has 0 atom stereocenters. The van der Waals surface area contributed by atoms with Gasteiger partial charge in [-0.1, -0.05) is 26.8 Å². The first-order chi connectivity index (χ1) is 13.9. The number of hydrogen-bond donors (Lipinski definition) is 2. The maximum absolute atomic E-state index is 12.6. The van der Waals surface area contributed by atoms with Gasteiger partial charge in [-0.15, -0.1) is 0 Å². The molecule has 0 radical (unpaired) electrons. The lowest BCUT2D eigenvalue weighted by atomic mass is 9.99. The molecule has 2 aromatic rings. The summed E-state index contributed by atoms with van der Waals surface area (Å²) in [4.78, 5) is 31.3. The van der Waals surface area contributed by atoms with E-state index in [1.165, 1.54) is 18.5 Å². The molecule has 154 valence electrons. The average molecular weight is 395 g/mol. The van der Waals surface area contributed by atoms with Crippen molar-refractivity contribution in [3.63, 3.8) is 0 Å². The Hall–Kier alpha value is -2.89. The van der Waals surface area contributed by atoms with Crippen LogP contribution in [-0.4, -0.2) is 36.4 Å². The van der Waals surface area contributed by atoms with Crippen LogP contribution in [0.25, 0.3) is 0 Å². The third-order valence-electron chi connectivity index (χ3n) is 5.16. The lowest BCUT2D eigenvalue weighted by Gasteiger charge is -2.32. The largest absolute Gasteiger partial charge is 0.372 e. The zero-order chi connectivity index (χ0) is 20.8. The molecule has 29 heavy (non-hydrogen) atoms. The van der Waals surface area contributed by atoms with E-state index in [9.17, 15) is 9.59 Å². The summed E-state index contributed by atoms with van der Waals surface area (Å²) < 4.78 is 0. The Balaban J connectivity index is 1.61. The molecule has 0 unspecified atom stereocenters. The van der Waals surface area contributed by atoms with Crippen LogP contribution in [0.2, 0.25) is 0 Å². The Bertz CT molecular complexity index is 840. The first kappa shape index (κ1) is 20.8. The minimum Gasteiger partial charge on any atom is -0.372 e. The Morgan fingerprint density at radius 3 is 2.28 bits per heavy atom. The van der Waals surface area contributed by atoms with Crippen molar-refractivity contribution >= 4 is 23.2 Å². The topological polar surface area (TPSA) is 74.3 Å². The highest BCUT2D eigenvalue weighted by Crippen LogP contribution is 2.24. The van der Waals surface area contributed by atoms with Gasteiger partial charge in [-0.05, 0) is 61.1 Å². The molecular weight excluding hydrogens is 364 g/mol. The van der Waals surface area contributed by atoms with Gasteiger partial charge in [0.25, 0.3) is 11.8 Å². The van der Waals surface area contributed by atoms with Crippen LogP contribution in [0.15, 0.2) is 42.5 Å². The zero-order valence-corrected chi connectivity index (χ0v) is 17.4. The first-order valence-corrected chi connectivity index (χ1v) is 10.3. The molecule has 6 nitrogen and oxygen atoms in total. The summed E-state index contributed by atoms with van der Waals surface area (Å²) in [6, 6.07) is 12.8. The molecule has 0 bridgehead atoms. The van der Waals surface area contributed by atoms with Crippen molar-refractivity contribution in [1.82, 2.24) is 10.3 Å². The van der Waals surface area contributed by atoms with E-state index in [0.717, 1.165) is 19.0 Å². The fourth-order valence-corrected chi connectivity index (χ4v) is 3.29. The molecule has 1 aromatic carbocycles. The molecule has 1 aliphatic heterocycles. The number of carbonyl (C=O) groups is 2. The minimum atomic E-state index is -0.331. The number of nitrogens with one attached hydrogen (secondary N) is 2. The molecule has 3 rings (SSSR count). The quantitative estimate of drug-likeness (QED) is 0.778. The molecular formula is C23H30N4O2. The summed E-state index contributed by atoms with van der Waals surface area (Å²) in [5, 5.41) is 5.68. The molecule has 0 saturated carbocycles. The number of carbonyl (C=O) groups excluding carboxylic acids is 2. The molecule has 0 spiro atoms. The molecule has 2 N–H and O–H groups in total. The zero-order valence-electron chi connectivity index (χ0n) is 17.4. The normalized spacial score (nSPS) is 14.7. The first-order valence-electron chi connectivity index (χ1n) is 10.3. The Morgan fingerprint density at radius 2 is 1.66 bits per heavy atom. The third kappa shape index (κ3) is 5.79. The van der Waals surface area contributed by atoms with Gasteiger partial charge in [0.2, 0.25) is 0 Å². The second kappa shape index (κ2) is 9.54. The van der Waals surface area contributed by atoms with E-state index in [4.69, 9.17) is 0 Å². The predicted octanol–water partition coefficient (Wildman–Crippen LogP) is 3.96. The van der Waals surface area contributed by atoms with E-state index in [1.54, 1.807) is 18.2 Å². The monoisotopic (exact) mass is 394 g/mol. The van der Waals surface area contributed by atoms with Gasteiger partial charge in [0.15, 0.2) is 0 Å². The summed E-state index contributed by atoms with van der Waals surface area (Å²) in [6.45, 7) is 9.06. The number of amides is 2. The molecule has 1 fully saturated rings. The van der Waals surface area contributed by atoms with Crippen molar-refractivity contribution in [3.05, 3.63) is 53.9 Å². The van der Waals surface area contributed by atoms with Crippen molar-refractivity contribution in [2.45, 2.75) is 33.6 Å². The highest BCUT2D eigenvalue weighted by Gasteiger charge is 2.16. The SMILES string of the molecule is CC(C)CNC(=O)c1cccc(C(=O)Nc2ccc(N3CCC(C)CC3)cc2)n1. The Morgan fingerprint density at radius 1 is 1.03 bits per heavy atom. The van der Waals surface area contributed by atoms with Gasteiger partial charge in [0.1, 0.15) is 11.4 Å². The molecule has 0 aliphatic carbocycles. The minimum absolute atomic E-state index is 0.219. The van der Waals surface area contributed by atoms with E-state index < -0.39 is 0 Å². The van der Waals surface area contributed by atoms with Crippen LogP contribution >= 0.6 is 0 Å². The summed E-state index contributed by atoms with van der Waals surface area (Å²) in [5.41, 5.74) is 2.35. The predicted molar refractivity (Wildman–Crippen MR) is 116 cm³/mol. The maximum atomic E-state index is 12.6. The fraction of sp³-hybridized carbons (Fsp3) is 0.435. The fourth-order valence-electron chi connectivity index (χ4n) is 3.29. The van der Waals surface area contributed by atoms with Gasteiger partial charge >= 0.3 is 0 Å². The van der Waals surface area contributed by atoms with Crippen LogP contribution in [-0.2, 0) is 0 Å². The van der Waals surface area contributed by atoms with E-state index in [0.29, 0.717) is 18.2 Å². The van der Waals surface area contributed by atoms with Crippen molar-refractivity contribution < 1.29 is 9.59 Å². The van der Waals surface area contributed by atoms with Crippen LogP contribution < -0.4 is 15.5 Å². The summed E-state index contributed by atoms with van der Waals surface area (Å²) in [6.07, 6.45) is 2.43. The van der Waals surface area contributed by atoms with Crippen molar-refractivity contribution in [2.75, 3.05) is 29.9 Å². The number of piperidine rings is 1.